The molecule has 1 heterocycles. The lowest BCUT2D eigenvalue weighted by Crippen LogP contribution is -2.33. The van der Waals surface area contributed by atoms with Gasteiger partial charge >= 0.3 is 0 Å². The molecule has 1 aromatic carbocycles. The third-order valence-corrected chi connectivity index (χ3v) is 4.39. The van der Waals surface area contributed by atoms with Gasteiger partial charge in [0, 0.05) is 12.3 Å². The molecule has 18 heavy (non-hydrogen) atoms. The van der Waals surface area contributed by atoms with E-state index >= 15 is 0 Å². The molecule has 1 N–H and O–H groups in total. The van der Waals surface area contributed by atoms with Crippen LogP contribution in [-0.2, 0) is 4.79 Å². The molecular weight excluding hydrogens is 244 g/mol. The Bertz CT molecular complexity index is 444. The van der Waals surface area contributed by atoms with E-state index in [-0.39, 0.29) is 11.7 Å². The number of carbonyl (C=O) groups excluding carboxylic acids is 1. The molecule has 1 saturated heterocycles. The lowest BCUT2D eigenvalue weighted by atomic mass is 10.1. The van der Waals surface area contributed by atoms with Crippen LogP contribution in [0.4, 0.5) is 0 Å². The molecule has 3 nitrogen and oxygen atoms in total. The second-order valence-electron chi connectivity index (χ2n) is 5.03. The molecule has 1 amide bonds. The van der Waals surface area contributed by atoms with E-state index in [4.69, 9.17) is 0 Å². The summed E-state index contributed by atoms with van der Waals surface area (Å²) in [4.78, 5) is 14.4. The van der Waals surface area contributed by atoms with Crippen LogP contribution < -0.4 is 5.32 Å². The first-order valence-corrected chi connectivity index (χ1v) is 7.79. The minimum absolute atomic E-state index is 0.0633. The van der Waals surface area contributed by atoms with Crippen LogP contribution >= 0.6 is 11.8 Å². The number of carbonyl (C=O) groups is 1. The van der Waals surface area contributed by atoms with Crippen LogP contribution in [0.1, 0.15) is 24.6 Å². The number of benzene rings is 1. The van der Waals surface area contributed by atoms with Crippen LogP contribution in [0.2, 0.25) is 0 Å². The molecule has 1 aliphatic heterocycles. The van der Waals surface area contributed by atoms with E-state index in [9.17, 15) is 4.79 Å². The maximum atomic E-state index is 12.4. The molecule has 0 bridgehead atoms. The summed E-state index contributed by atoms with van der Waals surface area (Å²) in [6.07, 6.45) is 4.13. The van der Waals surface area contributed by atoms with Crippen molar-refractivity contribution in [2.45, 2.75) is 24.5 Å². The fraction of sp³-hybridized carbons (Fsp3) is 0.500. The molecule has 0 radical (unpaired) electrons. The van der Waals surface area contributed by atoms with Crippen molar-refractivity contribution >= 4 is 17.7 Å². The molecule has 2 fully saturated rings. The van der Waals surface area contributed by atoms with Crippen molar-refractivity contribution in [3.05, 3.63) is 35.9 Å². The van der Waals surface area contributed by atoms with Crippen molar-refractivity contribution < 1.29 is 4.79 Å². The van der Waals surface area contributed by atoms with E-state index in [0.717, 1.165) is 25.1 Å². The standard InChI is InChI=1S/C14H18N2OS/c1-18-10-9-16-12(11-5-3-2-4-6-11)15-14(7-8-14)13(16)17/h2-6,12,15H,7-10H2,1H3. The Morgan fingerprint density at radius 3 is 2.72 bits per heavy atom. The van der Waals surface area contributed by atoms with Gasteiger partial charge in [0.1, 0.15) is 11.7 Å². The Morgan fingerprint density at radius 2 is 2.11 bits per heavy atom. The van der Waals surface area contributed by atoms with Gasteiger partial charge in [0.25, 0.3) is 0 Å². The van der Waals surface area contributed by atoms with E-state index in [1.165, 1.54) is 5.56 Å². The predicted octanol–water partition coefficient (Wildman–Crippen LogP) is 2.01. The number of rotatable bonds is 4. The van der Waals surface area contributed by atoms with Crippen LogP contribution in [0.5, 0.6) is 0 Å². The monoisotopic (exact) mass is 262 g/mol. The van der Waals surface area contributed by atoms with E-state index < -0.39 is 0 Å². The maximum Gasteiger partial charge on any atom is 0.244 e. The van der Waals surface area contributed by atoms with Gasteiger partial charge in [-0.3, -0.25) is 10.1 Å². The zero-order valence-corrected chi connectivity index (χ0v) is 11.4. The molecule has 0 aromatic heterocycles. The molecule has 1 aliphatic carbocycles. The quantitative estimate of drug-likeness (QED) is 0.901. The molecule has 1 spiro atoms. The van der Waals surface area contributed by atoms with Gasteiger partial charge in [0.2, 0.25) is 5.91 Å². The van der Waals surface area contributed by atoms with Gasteiger partial charge in [-0.05, 0) is 24.7 Å². The van der Waals surface area contributed by atoms with Crippen LogP contribution in [-0.4, -0.2) is 34.9 Å². The second-order valence-corrected chi connectivity index (χ2v) is 6.02. The van der Waals surface area contributed by atoms with Crippen molar-refractivity contribution in [3.63, 3.8) is 0 Å². The first-order chi connectivity index (χ1) is 8.77. The summed E-state index contributed by atoms with van der Waals surface area (Å²) in [6.45, 7) is 0.828. The normalized spacial score (nSPS) is 24.8. The van der Waals surface area contributed by atoms with Gasteiger partial charge in [-0.25, -0.2) is 0 Å². The van der Waals surface area contributed by atoms with Crippen molar-refractivity contribution in [1.82, 2.24) is 10.2 Å². The molecule has 3 rings (SSSR count). The third kappa shape index (κ3) is 1.93. The number of amides is 1. The van der Waals surface area contributed by atoms with Crippen LogP contribution in [0.15, 0.2) is 30.3 Å². The van der Waals surface area contributed by atoms with E-state index in [1.807, 2.05) is 23.1 Å². The Labute approximate surface area is 112 Å². The number of thioether (sulfide) groups is 1. The van der Waals surface area contributed by atoms with Crippen molar-refractivity contribution in [1.29, 1.82) is 0 Å². The topological polar surface area (TPSA) is 32.3 Å². The molecule has 1 saturated carbocycles. The Hall–Kier alpha value is -1.00. The van der Waals surface area contributed by atoms with Gasteiger partial charge in [-0.2, -0.15) is 11.8 Å². The van der Waals surface area contributed by atoms with E-state index in [2.05, 4.69) is 23.7 Å². The Morgan fingerprint density at radius 1 is 1.39 bits per heavy atom. The largest absolute Gasteiger partial charge is 0.320 e. The first kappa shape index (κ1) is 12.1. The number of nitrogens with one attached hydrogen (secondary N) is 1. The summed E-state index contributed by atoms with van der Waals surface area (Å²) in [5.74, 6) is 1.29. The SMILES string of the molecule is CSCCN1C(=O)C2(CC2)NC1c1ccccc1. The molecule has 1 atom stereocenters. The Kier molecular flexibility index (Phi) is 3.08. The summed E-state index contributed by atoms with van der Waals surface area (Å²) in [5.41, 5.74) is 0.967. The fourth-order valence-electron chi connectivity index (χ4n) is 2.60. The zero-order valence-electron chi connectivity index (χ0n) is 10.6. The van der Waals surface area contributed by atoms with Gasteiger partial charge in [0.15, 0.2) is 0 Å². The van der Waals surface area contributed by atoms with Crippen molar-refractivity contribution in [3.8, 4) is 0 Å². The fourth-order valence-corrected chi connectivity index (χ4v) is 2.97. The minimum Gasteiger partial charge on any atom is -0.320 e. The van der Waals surface area contributed by atoms with Crippen molar-refractivity contribution in [2.75, 3.05) is 18.6 Å². The lowest BCUT2D eigenvalue weighted by Gasteiger charge is -2.24. The average molecular weight is 262 g/mol. The summed E-state index contributed by atoms with van der Waals surface area (Å²) < 4.78 is 0. The lowest BCUT2D eigenvalue weighted by molar-refractivity contribution is -0.130. The average Bonchev–Trinajstić information content (AvgIpc) is 3.13. The van der Waals surface area contributed by atoms with Gasteiger partial charge in [-0.1, -0.05) is 30.3 Å². The number of nitrogens with zero attached hydrogens (tertiary/aromatic N) is 1. The zero-order chi connectivity index (χ0) is 12.6. The van der Waals surface area contributed by atoms with E-state index in [1.54, 1.807) is 11.8 Å². The molecule has 96 valence electrons. The molecule has 4 heteroatoms. The highest BCUT2D eigenvalue weighted by molar-refractivity contribution is 7.98. The van der Waals surface area contributed by atoms with Gasteiger partial charge < -0.3 is 4.90 Å². The van der Waals surface area contributed by atoms with Gasteiger partial charge in [-0.15, -0.1) is 0 Å². The molecule has 2 aliphatic rings. The minimum atomic E-state index is -0.223. The van der Waals surface area contributed by atoms with Crippen LogP contribution in [0.25, 0.3) is 0 Å². The van der Waals surface area contributed by atoms with E-state index in [0.29, 0.717) is 5.91 Å². The second kappa shape index (κ2) is 4.59. The maximum absolute atomic E-state index is 12.4. The molecule has 1 unspecified atom stereocenters. The number of hydrogen-bond acceptors (Lipinski definition) is 3. The highest BCUT2D eigenvalue weighted by Gasteiger charge is 2.59. The smallest absolute Gasteiger partial charge is 0.244 e. The highest BCUT2D eigenvalue weighted by Crippen LogP contribution is 2.45. The van der Waals surface area contributed by atoms with Crippen LogP contribution in [0.3, 0.4) is 0 Å². The summed E-state index contributed by atoms with van der Waals surface area (Å²) >= 11 is 1.79. The highest BCUT2D eigenvalue weighted by atomic mass is 32.2. The van der Waals surface area contributed by atoms with Crippen LogP contribution in [0, 0.1) is 0 Å². The third-order valence-electron chi connectivity index (χ3n) is 3.80. The summed E-state index contributed by atoms with van der Waals surface area (Å²) in [6, 6.07) is 10.3. The predicted molar refractivity (Wildman–Crippen MR) is 74.4 cm³/mol. The Balaban J connectivity index is 1.85. The summed E-state index contributed by atoms with van der Waals surface area (Å²) in [5, 5.41) is 3.53. The first-order valence-electron chi connectivity index (χ1n) is 6.39. The molecule has 1 aromatic rings. The van der Waals surface area contributed by atoms with Gasteiger partial charge in [0.05, 0.1) is 0 Å². The summed E-state index contributed by atoms with van der Waals surface area (Å²) in [7, 11) is 0. The number of hydrogen-bond donors (Lipinski definition) is 1. The molecular formula is C14H18N2OS. The van der Waals surface area contributed by atoms with Crippen molar-refractivity contribution in [2.24, 2.45) is 0 Å².